The van der Waals surface area contributed by atoms with E-state index in [2.05, 4.69) is 217 Å². The van der Waals surface area contributed by atoms with E-state index in [1.165, 1.54) is 91.1 Å². The van der Waals surface area contributed by atoms with Gasteiger partial charge in [0.2, 0.25) is 0 Å². The van der Waals surface area contributed by atoms with Crippen LogP contribution in [-0.4, -0.2) is 12.6 Å². The molecule has 55 heavy (non-hydrogen) atoms. The number of aromatic nitrogens is 1. The third-order valence-corrected chi connectivity index (χ3v) is 18.0. The Labute approximate surface area is 326 Å². The van der Waals surface area contributed by atoms with Crippen molar-refractivity contribution < 1.29 is 0 Å². The van der Waals surface area contributed by atoms with Crippen molar-refractivity contribution in [1.82, 2.24) is 4.57 Å². The molecule has 0 bridgehead atoms. The van der Waals surface area contributed by atoms with Crippen molar-refractivity contribution in [2.24, 2.45) is 0 Å². The predicted molar refractivity (Wildman–Crippen MR) is 237 cm³/mol. The van der Waals surface area contributed by atoms with Gasteiger partial charge < -0.3 is 4.57 Å². The Morgan fingerprint density at radius 2 is 0.945 bits per heavy atom. The van der Waals surface area contributed by atoms with Crippen molar-refractivity contribution >= 4 is 73.2 Å². The second kappa shape index (κ2) is 12.9. The second-order valence-corrected chi connectivity index (χ2v) is 19.2. The van der Waals surface area contributed by atoms with Gasteiger partial charge in [0.05, 0.1) is 11.0 Å². The molecule has 1 nitrogen and oxygen atoms in total. The van der Waals surface area contributed by atoms with Gasteiger partial charge in [-0.3, -0.25) is 0 Å². The summed E-state index contributed by atoms with van der Waals surface area (Å²) in [5, 5.41) is 10.7. The van der Waals surface area contributed by atoms with E-state index in [0.29, 0.717) is 0 Å². The van der Waals surface area contributed by atoms with E-state index in [-0.39, 0.29) is 0 Å². The van der Waals surface area contributed by atoms with Gasteiger partial charge in [0, 0.05) is 26.3 Å². The van der Waals surface area contributed by atoms with E-state index < -0.39 is 8.07 Å². The minimum atomic E-state index is -2.94. The fraction of sp³-hybridized carbons (Fsp3) is 0. The van der Waals surface area contributed by atoms with Crippen LogP contribution < -0.4 is 20.7 Å². The van der Waals surface area contributed by atoms with E-state index in [0.717, 1.165) is 0 Å². The molecule has 3 heteroatoms. The molecule has 11 rings (SSSR count). The van der Waals surface area contributed by atoms with Crippen molar-refractivity contribution in [2.75, 3.05) is 0 Å². The number of hydrogen-bond acceptors (Lipinski definition) is 1. The van der Waals surface area contributed by atoms with E-state index in [1.54, 1.807) is 0 Å². The van der Waals surface area contributed by atoms with Crippen LogP contribution in [0.15, 0.2) is 222 Å². The summed E-state index contributed by atoms with van der Waals surface area (Å²) >= 11 is 1.92. The largest absolute Gasteiger partial charge is 0.309 e. The molecule has 1 aliphatic rings. The molecular formula is C52H35NSSi. The number of hydrogen-bond donors (Lipinski definition) is 0. The van der Waals surface area contributed by atoms with Crippen molar-refractivity contribution in [2.45, 2.75) is 9.79 Å². The normalized spacial score (nSPS) is 14.9. The average Bonchev–Trinajstić information content (AvgIpc) is 3.60. The second-order valence-electron chi connectivity index (χ2n) is 14.4. The molecule has 1 aliphatic heterocycles. The summed E-state index contributed by atoms with van der Waals surface area (Å²) in [5.41, 5.74) is 8.66. The number of para-hydroxylation sites is 2. The smallest absolute Gasteiger partial charge is 0.182 e. The highest BCUT2D eigenvalue weighted by atomic mass is 32.2. The molecule has 0 aliphatic carbocycles. The summed E-state index contributed by atoms with van der Waals surface area (Å²) in [7, 11) is -2.94. The van der Waals surface area contributed by atoms with Crippen LogP contribution in [0.4, 0.5) is 0 Å². The molecule has 0 N–H and O–H groups in total. The summed E-state index contributed by atoms with van der Waals surface area (Å²) in [4.78, 5) is 2.69. The number of fused-ring (bicyclic) bond motifs is 6. The molecule has 0 amide bonds. The number of nitrogens with zero attached hydrogens (tertiary/aromatic N) is 1. The molecule has 1 atom stereocenters. The quantitative estimate of drug-likeness (QED) is 0.160. The fourth-order valence-corrected chi connectivity index (χ4v) is 16.3. The maximum absolute atomic E-state index is 2.94. The van der Waals surface area contributed by atoms with Crippen LogP contribution in [0.25, 0.3) is 60.5 Å². The van der Waals surface area contributed by atoms with E-state index in [1.807, 2.05) is 11.8 Å². The Balaban J connectivity index is 1.20. The Morgan fingerprint density at radius 3 is 1.69 bits per heavy atom. The zero-order valence-corrected chi connectivity index (χ0v) is 31.9. The minimum absolute atomic E-state index is 1.17. The van der Waals surface area contributed by atoms with Gasteiger partial charge in [0.15, 0.2) is 8.07 Å². The van der Waals surface area contributed by atoms with Gasteiger partial charge >= 0.3 is 0 Å². The molecule has 0 fully saturated rings. The predicted octanol–water partition coefficient (Wildman–Crippen LogP) is 11.1. The molecule has 9 aromatic carbocycles. The first kappa shape index (κ1) is 32.1. The zero-order chi connectivity index (χ0) is 36.3. The summed E-state index contributed by atoms with van der Waals surface area (Å²) in [6.45, 7) is 0. The molecule has 1 unspecified atom stereocenters. The van der Waals surface area contributed by atoms with Gasteiger partial charge in [-0.05, 0) is 96.2 Å². The van der Waals surface area contributed by atoms with Crippen LogP contribution in [0.1, 0.15) is 0 Å². The van der Waals surface area contributed by atoms with Crippen LogP contribution in [0.3, 0.4) is 0 Å². The lowest BCUT2D eigenvalue weighted by atomic mass is 10.0. The van der Waals surface area contributed by atoms with Crippen LogP contribution in [0.2, 0.25) is 0 Å². The van der Waals surface area contributed by atoms with Gasteiger partial charge in [0.1, 0.15) is 0 Å². The Morgan fingerprint density at radius 1 is 0.382 bits per heavy atom. The number of benzene rings is 9. The summed E-state index contributed by atoms with van der Waals surface area (Å²) in [6.07, 6.45) is 0. The van der Waals surface area contributed by atoms with Crippen LogP contribution >= 0.6 is 11.8 Å². The lowest BCUT2D eigenvalue weighted by molar-refractivity contribution is 1.18. The maximum atomic E-state index is 2.45. The summed E-state index contributed by atoms with van der Waals surface area (Å²) in [6, 6.07) is 79.4. The maximum Gasteiger partial charge on any atom is 0.182 e. The Hall–Kier alpha value is -6.39. The van der Waals surface area contributed by atoms with Gasteiger partial charge in [-0.1, -0.05) is 182 Å². The molecule has 1 aromatic heterocycles. The third kappa shape index (κ3) is 5.01. The monoisotopic (exact) mass is 733 g/mol. The zero-order valence-electron chi connectivity index (χ0n) is 30.1. The summed E-state index contributed by atoms with van der Waals surface area (Å²) in [5.74, 6) is 0. The van der Waals surface area contributed by atoms with Crippen LogP contribution in [-0.2, 0) is 0 Å². The Bertz CT molecular complexity index is 3000. The van der Waals surface area contributed by atoms with Gasteiger partial charge in [-0.15, -0.1) is 0 Å². The van der Waals surface area contributed by atoms with Crippen LogP contribution in [0, 0.1) is 0 Å². The fourth-order valence-electron chi connectivity index (χ4n) is 9.09. The van der Waals surface area contributed by atoms with Crippen LogP contribution in [0.5, 0.6) is 0 Å². The first-order valence-corrected chi connectivity index (χ1v) is 21.7. The first-order chi connectivity index (χ1) is 27.3. The summed E-state index contributed by atoms with van der Waals surface area (Å²) < 4.78 is 2.43. The van der Waals surface area contributed by atoms with Crippen molar-refractivity contribution in [3.05, 3.63) is 212 Å². The third-order valence-electron chi connectivity index (χ3n) is 11.5. The highest BCUT2D eigenvalue weighted by Gasteiger charge is 2.48. The van der Waals surface area contributed by atoms with Crippen molar-refractivity contribution in [1.29, 1.82) is 0 Å². The lowest BCUT2D eigenvalue weighted by Crippen LogP contribution is -2.76. The standard InChI is InChI=1S/C52H35NSSi/c1-2-13-36(14-3-1)38-27-31-42(32-28-38)55(43-33-29-41(30-34-43)53-47-20-8-6-17-45(47)46-18-7-9-21-48(46)53)51-24-11-10-22-49(51)54-50-23-12-19-44(52(50)55)40-26-25-37-15-4-5-16-39(37)35-40/h1-35H. The van der Waals surface area contributed by atoms with Gasteiger partial charge in [-0.25, -0.2) is 0 Å². The SMILES string of the molecule is c1ccc(-c2ccc([Si]3(c4ccc(-n5c6ccccc6c6ccccc65)cc4)c4ccccc4Sc4cccc(-c5ccc6ccccc6c5)c43)cc2)cc1. The minimum Gasteiger partial charge on any atom is -0.309 e. The molecule has 10 aromatic rings. The van der Waals surface area contributed by atoms with Gasteiger partial charge in [-0.2, -0.15) is 0 Å². The molecular weight excluding hydrogens is 699 g/mol. The lowest BCUT2D eigenvalue weighted by Gasteiger charge is -2.41. The first-order valence-electron chi connectivity index (χ1n) is 18.9. The molecule has 0 saturated carbocycles. The van der Waals surface area contributed by atoms with E-state index in [9.17, 15) is 0 Å². The van der Waals surface area contributed by atoms with Crippen molar-refractivity contribution in [3.8, 4) is 27.9 Å². The highest BCUT2D eigenvalue weighted by Crippen LogP contribution is 2.38. The topological polar surface area (TPSA) is 4.93 Å². The molecule has 2 heterocycles. The molecule has 0 radical (unpaired) electrons. The van der Waals surface area contributed by atoms with Crippen molar-refractivity contribution in [3.63, 3.8) is 0 Å². The van der Waals surface area contributed by atoms with E-state index in [4.69, 9.17) is 0 Å². The molecule has 0 saturated heterocycles. The molecule has 258 valence electrons. The molecule has 0 spiro atoms. The average molecular weight is 734 g/mol. The highest BCUT2D eigenvalue weighted by molar-refractivity contribution is 8.00. The Kier molecular flexibility index (Phi) is 7.51. The van der Waals surface area contributed by atoms with E-state index >= 15 is 0 Å². The number of rotatable bonds is 5. The van der Waals surface area contributed by atoms with Gasteiger partial charge in [0.25, 0.3) is 0 Å².